The van der Waals surface area contributed by atoms with Crippen LogP contribution in [-0.2, 0) is 11.3 Å². The molecule has 0 aromatic carbocycles. The molecule has 1 aromatic heterocycles. The Kier molecular flexibility index (Phi) is 5.99. The second kappa shape index (κ2) is 8.00. The van der Waals surface area contributed by atoms with E-state index in [9.17, 15) is 4.79 Å². The van der Waals surface area contributed by atoms with Gasteiger partial charge < -0.3 is 10.2 Å². The van der Waals surface area contributed by atoms with Crippen molar-refractivity contribution in [1.82, 2.24) is 15.2 Å². The molecule has 20 heavy (non-hydrogen) atoms. The smallest absolute Gasteiger partial charge is 0.222 e. The summed E-state index contributed by atoms with van der Waals surface area (Å²) in [7, 11) is 0. The van der Waals surface area contributed by atoms with E-state index in [0.717, 1.165) is 37.5 Å². The first kappa shape index (κ1) is 15.0. The van der Waals surface area contributed by atoms with Crippen LogP contribution in [0.15, 0.2) is 24.5 Å². The predicted octanol–water partition coefficient (Wildman–Crippen LogP) is 2.21. The molecule has 2 rings (SSSR count). The zero-order valence-corrected chi connectivity index (χ0v) is 12.3. The zero-order chi connectivity index (χ0) is 14.2. The number of carbonyl (C=O) groups excluding carboxylic acids is 1. The second-order valence-corrected chi connectivity index (χ2v) is 5.50. The Balaban J connectivity index is 1.79. The van der Waals surface area contributed by atoms with E-state index >= 15 is 0 Å². The van der Waals surface area contributed by atoms with Gasteiger partial charge in [0.2, 0.25) is 5.91 Å². The Morgan fingerprint density at radius 2 is 2.05 bits per heavy atom. The lowest BCUT2D eigenvalue weighted by Gasteiger charge is -2.25. The van der Waals surface area contributed by atoms with Gasteiger partial charge in [-0.15, -0.1) is 0 Å². The standard InChI is InChI=1S/C16H25N3O/c1-2-19(13-15-7-11-18-12-8-15)16(20)4-3-14-5-9-17-10-6-14/h7-8,11-12,14,17H,2-6,9-10,13H2,1H3. The van der Waals surface area contributed by atoms with Gasteiger partial charge in [-0.05, 0) is 62.9 Å². The molecule has 0 atom stereocenters. The van der Waals surface area contributed by atoms with Crippen LogP contribution in [-0.4, -0.2) is 35.4 Å². The van der Waals surface area contributed by atoms with Crippen molar-refractivity contribution in [3.05, 3.63) is 30.1 Å². The van der Waals surface area contributed by atoms with Crippen molar-refractivity contribution in [2.45, 2.75) is 39.2 Å². The summed E-state index contributed by atoms with van der Waals surface area (Å²) in [6.07, 6.45) is 7.70. The van der Waals surface area contributed by atoms with Gasteiger partial charge in [-0.3, -0.25) is 9.78 Å². The molecule has 110 valence electrons. The summed E-state index contributed by atoms with van der Waals surface area (Å²) in [4.78, 5) is 18.3. The van der Waals surface area contributed by atoms with Crippen LogP contribution in [0.3, 0.4) is 0 Å². The van der Waals surface area contributed by atoms with Crippen LogP contribution in [0.5, 0.6) is 0 Å². The summed E-state index contributed by atoms with van der Waals surface area (Å²) in [5, 5.41) is 3.37. The number of hydrogen-bond donors (Lipinski definition) is 1. The average molecular weight is 275 g/mol. The number of aromatic nitrogens is 1. The highest BCUT2D eigenvalue weighted by atomic mass is 16.2. The van der Waals surface area contributed by atoms with Crippen molar-refractivity contribution >= 4 is 5.91 Å². The fraction of sp³-hybridized carbons (Fsp3) is 0.625. The molecule has 1 aliphatic heterocycles. The molecule has 1 aromatic rings. The Morgan fingerprint density at radius 1 is 1.35 bits per heavy atom. The largest absolute Gasteiger partial charge is 0.339 e. The Hall–Kier alpha value is -1.42. The number of piperidine rings is 1. The lowest BCUT2D eigenvalue weighted by molar-refractivity contribution is -0.132. The highest BCUT2D eigenvalue weighted by Gasteiger charge is 2.17. The number of nitrogens with one attached hydrogen (secondary N) is 1. The molecule has 1 fully saturated rings. The molecule has 0 saturated carbocycles. The predicted molar refractivity (Wildman–Crippen MR) is 80.2 cm³/mol. The number of rotatable bonds is 6. The molecule has 4 nitrogen and oxygen atoms in total. The fourth-order valence-corrected chi connectivity index (χ4v) is 2.74. The SMILES string of the molecule is CCN(Cc1ccncc1)C(=O)CCC1CCNCC1. The lowest BCUT2D eigenvalue weighted by atomic mass is 9.93. The van der Waals surface area contributed by atoms with Crippen molar-refractivity contribution in [1.29, 1.82) is 0 Å². The van der Waals surface area contributed by atoms with Crippen molar-refractivity contribution in [2.75, 3.05) is 19.6 Å². The van der Waals surface area contributed by atoms with E-state index < -0.39 is 0 Å². The number of amides is 1. The topological polar surface area (TPSA) is 45.2 Å². The van der Waals surface area contributed by atoms with Crippen LogP contribution in [0.2, 0.25) is 0 Å². The highest BCUT2D eigenvalue weighted by Crippen LogP contribution is 2.18. The molecule has 1 saturated heterocycles. The molecule has 1 N–H and O–H groups in total. The molecule has 0 aliphatic carbocycles. The number of carbonyl (C=O) groups is 1. The maximum Gasteiger partial charge on any atom is 0.222 e. The maximum absolute atomic E-state index is 12.3. The van der Waals surface area contributed by atoms with Gasteiger partial charge in [-0.1, -0.05) is 0 Å². The van der Waals surface area contributed by atoms with Crippen molar-refractivity contribution < 1.29 is 4.79 Å². The average Bonchev–Trinajstić information content (AvgIpc) is 2.52. The van der Waals surface area contributed by atoms with Gasteiger partial charge in [0.05, 0.1) is 0 Å². The van der Waals surface area contributed by atoms with Crippen molar-refractivity contribution in [2.24, 2.45) is 5.92 Å². The minimum absolute atomic E-state index is 0.280. The number of pyridine rings is 1. The first-order chi connectivity index (χ1) is 9.79. The van der Waals surface area contributed by atoms with Gasteiger partial charge in [-0.2, -0.15) is 0 Å². The summed E-state index contributed by atoms with van der Waals surface area (Å²) >= 11 is 0. The molecule has 2 heterocycles. The Labute approximate surface area is 121 Å². The van der Waals surface area contributed by atoms with Crippen molar-refractivity contribution in [3.63, 3.8) is 0 Å². The first-order valence-electron chi connectivity index (χ1n) is 7.67. The third-order valence-electron chi connectivity index (χ3n) is 4.08. The second-order valence-electron chi connectivity index (χ2n) is 5.50. The molecular weight excluding hydrogens is 250 g/mol. The summed E-state index contributed by atoms with van der Waals surface area (Å²) in [5.74, 6) is 1.00. The van der Waals surface area contributed by atoms with Gasteiger partial charge in [0.25, 0.3) is 0 Å². The minimum Gasteiger partial charge on any atom is -0.339 e. The Morgan fingerprint density at radius 3 is 2.70 bits per heavy atom. The molecule has 0 radical (unpaired) electrons. The third kappa shape index (κ3) is 4.60. The van der Waals surface area contributed by atoms with Gasteiger partial charge in [0.1, 0.15) is 0 Å². The Bertz CT molecular complexity index is 401. The van der Waals surface area contributed by atoms with E-state index in [2.05, 4.69) is 10.3 Å². The van der Waals surface area contributed by atoms with E-state index in [1.807, 2.05) is 24.0 Å². The normalized spacial score (nSPS) is 16.1. The maximum atomic E-state index is 12.3. The van der Waals surface area contributed by atoms with Gasteiger partial charge in [0, 0.05) is 31.9 Å². The lowest BCUT2D eigenvalue weighted by Crippen LogP contribution is -2.32. The molecule has 1 aliphatic rings. The van der Waals surface area contributed by atoms with Gasteiger partial charge in [-0.25, -0.2) is 0 Å². The minimum atomic E-state index is 0.280. The van der Waals surface area contributed by atoms with Crippen LogP contribution >= 0.6 is 0 Å². The molecule has 4 heteroatoms. The third-order valence-corrected chi connectivity index (χ3v) is 4.08. The quantitative estimate of drug-likeness (QED) is 0.866. The monoisotopic (exact) mass is 275 g/mol. The molecular formula is C16H25N3O. The van der Waals surface area contributed by atoms with E-state index in [1.165, 1.54) is 12.8 Å². The molecule has 0 spiro atoms. The van der Waals surface area contributed by atoms with E-state index in [0.29, 0.717) is 13.0 Å². The van der Waals surface area contributed by atoms with Gasteiger partial charge in [0.15, 0.2) is 0 Å². The molecule has 0 bridgehead atoms. The first-order valence-corrected chi connectivity index (χ1v) is 7.67. The fourth-order valence-electron chi connectivity index (χ4n) is 2.74. The highest BCUT2D eigenvalue weighted by molar-refractivity contribution is 5.76. The number of nitrogens with zero attached hydrogens (tertiary/aromatic N) is 2. The summed E-state index contributed by atoms with van der Waals surface area (Å²) in [5.41, 5.74) is 1.15. The van der Waals surface area contributed by atoms with Crippen LogP contribution < -0.4 is 5.32 Å². The zero-order valence-electron chi connectivity index (χ0n) is 12.3. The van der Waals surface area contributed by atoms with Crippen LogP contribution in [0.1, 0.15) is 38.2 Å². The van der Waals surface area contributed by atoms with Crippen LogP contribution in [0.25, 0.3) is 0 Å². The van der Waals surface area contributed by atoms with E-state index in [4.69, 9.17) is 0 Å². The summed E-state index contributed by atoms with van der Waals surface area (Å²) in [6, 6.07) is 3.95. The number of hydrogen-bond acceptors (Lipinski definition) is 3. The van der Waals surface area contributed by atoms with Gasteiger partial charge >= 0.3 is 0 Å². The van der Waals surface area contributed by atoms with Crippen LogP contribution in [0, 0.1) is 5.92 Å². The van der Waals surface area contributed by atoms with E-state index in [1.54, 1.807) is 12.4 Å². The van der Waals surface area contributed by atoms with Crippen LogP contribution in [0.4, 0.5) is 0 Å². The van der Waals surface area contributed by atoms with E-state index in [-0.39, 0.29) is 5.91 Å². The summed E-state index contributed by atoms with van der Waals surface area (Å²) in [6.45, 7) is 5.72. The molecule has 0 unspecified atom stereocenters. The van der Waals surface area contributed by atoms with Crippen molar-refractivity contribution in [3.8, 4) is 0 Å². The molecule has 1 amide bonds. The summed E-state index contributed by atoms with van der Waals surface area (Å²) < 4.78 is 0.